The van der Waals surface area contributed by atoms with E-state index in [9.17, 15) is 9.59 Å². The Labute approximate surface area is 125 Å². The Morgan fingerprint density at radius 1 is 1.29 bits per heavy atom. The summed E-state index contributed by atoms with van der Waals surface area (Å²) in [6.07, 6.45) is 2.17. The number of amides is 2. The van der Waals surface area contributed by atoms with Crippen molar-refractivity contribution in [3.63, 3.8) is 0 Å². The number of benzene rings is 1. The van der Waals surface area contributed by atoms with Crippen molar-refractivity contribution < 1.29 is 9.59 Å². The molecule has 114 valence electrons. The summed E-state index contributed by atoms with van der Waals surface area (Å²) in [6, 6.07) is 6.64. The molecule has 0 spiro atoms. The van der Waals surface area contributed by atoms with E-state index in [0.717, 1.165) is 25.9 Å². The smallest absolute Gasteiger partial charge is 0.248 e. The van der Waals surface area contributed by atoms with Crippen LogP contribution in [0.3, 0.4) is 0 Å². The molecule has 1 saturated heterocycles. The minimum atomic E-state index is -0.471. The van der Waals surface area contributed by atoms with Gasteiger partial charge in [-0.1, -0.05) is 13.8 Å². The Morgan fingerprint density at radius 3 is 2.48 bits per heavy atom. The normalized spacial score (nSPS) is 19.0. The van der Waals surface area contributed by atoms with E-state index in [1.807, 2.05) is 13.8 Å². The molecule has 0 radical (unpaired) electrons. The summed E-state index contributed by atoms with van der Waals surface area (Å²) in [6.45, 7) is 5.87. The van der Waals surface area contributed by atoms with Gasteiger partial charge in [0.25, 0.3) is 0 Å². The topological polar surface area (TPSA) is 84.2 Å². The first-order chi connectivity index (χ1) is 9.91. The molecule has 0 saturated carbocycles. The van der Waals surface area contributed by atoms with Gasteiger partial charge in [-0.15, -0.1) is 0 Å². The maximum Gasteiger partial charge on any atom is 0.248 e. The van der Waals surface area contributed by atoms with Crippen molar-refractivity contribution >= 4 is 17.5 Å². The first-order valence-electron chi connectivity index (χ1n) is 7.33. The molecule has 1 aliphatic rings. The number of anilines is 1. The number of rotatable bonds is 4. The molecule has 1 aromatic rings. The zero-order chi connectivity index (χ0) is 15.5. The van der Waals surface area contributed by atoms with Crippen LogP contribution in [0.5, 0.6) is 0 Å². The van der Waals surface area contributed by atoms with E-state index in [1.165, 1.54) is 0 Å². The van der Waals surface area contributed by atoms with E-state index in [-0.39, 0.29) is 5.91 Å². The second kappa shape index (κ2) is 6.26. The summed E-state index contributed by atoms with van der Waals surface area (Å²) >= 11 is 0. The lowest BCUT2D eigenvalue weighted by atomic mass is 9.74. The maximum absolute atomic E-state index is 12.5. The number of carbonyl (C=O) groups is 2. The molecule has 5 nitrogen and oxygen atoms in total. The number of carbonyl (C=O) groups excluding carboxylic acids is 2. The largest absolute Gasteiger partial charge is 0.366 e. The van der Waals surface area contributed by atoms with Crippen LogP contribution in [-0.2, 0) is 4.79 Å². The molecule has 1 atom stereocenters. The molecule has 5 heteroatoms. The summed E-state index contributed by atoms with van der Waals surface area (Å²) in [7, 11) is 0. The number of primary amides is 1. The SMILES string of the molecule is CC(C)(C(=O)Nc1ccc(C(N)=O)cc1)C1CCCNC1. The summed E-state index contributed by atoms with van der Waals surface area (Å²) in [4.78, 5) is 23.5. The molecule has 1 fully saturated rings. The quantitative estimate of drug-likeness (QED) is 0.789. The summed E-state index contributed by atoms with van der Waals surface area (Å²) in [5.41, 5.74) is 5.88. The molecule has 2 amide bonds. The predicted molar refractivity (Wildman–Crippen MR) is 83.0 cm³/mol. The highest BCUT2D eigenvalue weighted by Gasteiger charge is 2.37. The molecule has 2 rings (SSSR count). The van der Waals surface area contributed by atoms with Gasteiger partial charge in [-0.05, 0) is 56.1 Å². The van der Waals surface area contributed by atoms with Crippen LogP contribution in [0.1, 0.15) is 37.0 Å². The fourth-order valence-corrected chi connectivity index (χ4v) is 2.66. The lowest BCUT2D eigenvalue weighted by Crippen LogP contribution is -2.44. The fourth-order valence-electron chi connectivity index (χ4n) is 2.66. The number of hydrogen-bond donors (Lipinski definition) is 3. The van der Waals surface area contributed by atoms with Gasteiger partial charge >= 0.3 is 0 Å². The third-order valence-corrected chi connectivity index (χ3v) is 4.33. The van der Waals surface area contributed by atoms with Crippen molar-refractivity contribution in [2.45, 2.75) is 26.7 Å². The predicted octanol–water partition coefficient (Wildman–Crippen LogP) is 1.75. The van der Waals surface area contributed by atoms with Gasteiger partial charge in [-0.3, -0.25) is 9.59 Å². The van der Waals surface area contributed by atoms with Gasteiger partial charge in [0.05, 0.1) is 0 Å². The van der Waals surface area contributed by atoms with Crippen LogP contribution in [0.4, 0.5) is 5.69 Å². The highest BCUT2D eigenvalue weighted by molar-refractivity contribution is 5.96. The Kier molecular flexibility index (Phi) is 4.63. The zero-order valence-electron chi connectivity index (χ0n) is 12.6. The summed E-state index contributed by atoms with van der Waals surface area (Å²) in [5, 5.41) is 6.28. The van der Waals surface area contributed by atoms with Gasteiger partial charge in [-0.2, -0.15) is 0 Å². The molecule has 1 aliphatic heterocycles. The molecule has 1 aromatic carbocycles. The first kappa shape index (κ1) is 15.5. The highest BCUT2D eigenvalue weighted by Crippen LogP contribution is 2.33. The zero-order valence-corrected chi connectivity index (χ0v) is 12.6. The third-order valence-electron chi connectivity index (χ3n) is 4.33. The van der Waals surface area contributed by atoms with Gasteiger partial charge < -0.3 is 16.4 Å². The highest BCUT2D eigenvalue weighted by atomic mass is 16.2. The molecular weight excluding hydrogens is 266 g/mol. The summed E-state index contributed by atoms with van der Waals surface area (Å²) in [5.74, 6) is -0.138. The Bertz CT molecular complexity index is 517. The molecule has 0 bridgehead atoms. The Morgan fingerprint density at radius 2 is 1.95 bits per heavy atom. The van der Waals surface area contributed by atoms with Crippen molar-refractivity contribution in [1.82, 2.24) is 5.32 Å². The molecule has 0 aromatic heterocycles. The average molecular weight is 289 g/mol. The standard InChI is InChI=1S/C16H23N3O2/c1-16(2,12-4-3-9-18-10-12)15(21)19-13-7-5-11(6-8-13)14(17)20/h5-8,12,18H,3-4,9-10H2,1-2H3,(H2,17,20)(H,19,21). The summed E-state index contributed by atoms with van der Waals surface area (Å²) < 4.78 is 0. The maximum atomic E-state index is 12.5. The molecule has 1 heterocycles. The molecular formula is C16H23N3O2. The van der Waals surface area contributed by atoms with Crippen LogP contribution in [-0.4, -0.2) is 24.9 Å². The number of hydrogen-bond acceptors (Lipinski definition) is 3. The second-order valence-corrected chi connectivity index (χ2v) is 6.16. The van der Waals surface area contributed by atoms with E-state index < -0.39 is 11.3 Å². The lowest BCUT2D eigenvalue weighted by Gasteiger charge is -2.36. The van der Waals surface area contributed by atoms with E-state index in [1.54, 1.807) is 24.3 Å². The van der Waals surface area contributed by atoms with Crippen molar-refractivity contribution in [3.05, 3.63) is 29.8 Å². The monoisotopic (exact) mass is 289 g/mol. The van der Waals surface area contributed by atoms with Gasteiger partial charge in [0.15, 0.2) is 0 Å². The van der Waals surface area contributed by atoms with Crippen LogP contribution in [0, 0.1) is 11.3 Å². The first-order valence-corrected chi connectivity index (χ1v) is 7.33. The third kappa shape index (κ3) is 3.61. The van der Waals surface area contributed by atoms with Crippen LogP contribution in [0.25, 0.3) is 0 Å². The van der Waals surface area contributed by atoms with E-state index >= 15 is 0 Å². The molecule has 1 unspecified atom stereocenters. The van der Waals surface area contributed by atoms with Crippen molar-refractivity contribution in [1.29, 1.82) is 0 Å². The van der Waals surface area contributed by atoms with Crippen LogP contribution in [0.15, 0.2) is 24.3 Å². The molecule has 4 N–H and O–H groups in total. The van der Waals surface area contributed by atoms with Gasteiger partial charge in [0.1, 0.15) is 0 Å². The van der Waals surface area contributed by atoms with Crippen molar-refractivity contribution in [2.24, 2.45) is 17.1 Å². The van der Waals surface area contributed by atoms with E-state index in [2.05, 4.69) is 10.6 Å². The number of nitrogens with one attached hydrogen (secondary N) is 2. The van der Waals surface area contributed by atoms with Crippen LogP contribution in [0.2, 0.25) is 0 Å². The Balaban J connectivity index is 2.03. The minimum absolute atomic E-state index is 0.00280. The number of nitrogens with two attached hydrogens (primary N) is 1. The average Bonchev–Trinajstić information content (AvgIpc) is 2.48. The van der Waals surface area contributed by atoms with Crippen molar-refractivity contribution in [3.8, 4) is 0 Å². The second-order valence-electron chi connectivity index (χ2n) is 6.16. The van der Waals surface area contributed by atoms with Crippen molar-refractivity contribution in [2.75, 3.05) is 18.4 Å². The van der Waals surface area contributed by atoms with Crippen LogP contribution >= 0.6 is 0 Å². The van der Waals surface area contributed by atoms with Gasteiger partial charge in [-0.25, -0.2) is 0 Å². The molecule has 0 aliphatic carbocycles. The van der Waals surface area contributed by atoms with E-state index in [4.69, 9.17) is 5.73 Å². The molecule has 21 heavy (non-hydrogen) atoms. The Hall–Kier alpha value is -1.88. The number of piperidine rings is 1. The lowest BCUT2D eigenvalue weighted by molar-refractivity contribution is -0.127. The fraction of sp³-hybridized carbons (Fsp3) is 0.500. The van der Waals surface area contributed by atoms with Gasteiger partial charge in [0.2, 0.25) is 11.8 Å². The minimum Gasteiger partial charge on any atom is -0.366 e. The van der Waals surface area contributed by atoms with Gasteiger partial charge in [0, 0.05) is 16.7 Å². The van der Waals surface area contributed by atoms with Crippen LogP contribution < -0.4 is 16.4 Å². The van der Waals surface area contributed by atoms with E-state index in [0.29, 0.717) is 17.2 Å².